The Labute approximate surface area is 254 Å². The van der Waals surface area contributed by atoms with E-state index in [0.29, 0.717) is 30.5 Å². The lowest BCUT2D eigenvalue weighted by molar-refractivity contribution is -0.123. The summed E-state index contributed by atoms with van der Waals surface area (Å²) in [6.45, 7) is 3.21. The van der Waals surface area contributed by atoms with Gasteiger partial charge >= 0.3 is 0 Å². The van der Waals surface area contributed by atoms with Crippen LogP contribution in [-0.2, 0) is 14.3 Å². The van der Waals surface area contributed by atoms with Gasteiger partial charge in [-0.1, -0.05) is 48.5 Å². The minimum absolute atomic E-state index is 0.00722. The molecule has 0 aliphatic carbocycles. The van der Waals surface area contributed by atoms with Crippen LogP contribution in [0.2, 0.25) is 0 Å². The Balaban J connectivity index is 1.39. The van der Waals surface area contributed by atoms with Gasteiger partial charge in [0.1, 0.15) is 12.4 Å². The Morgan fingerprint density at radius 3 is 2.72 bits per heavy atom. The zero-order valence-corrected chi connectivity index (χ0v) is 24.6. The molecule has 0 radical (unpaired) electrons. The van der Waals surface area contributed by atoms with Gasteiger partial charge in [0, 0.05) is 24.3 Å². The first-order chi connectivity index (χ1) is 21.0. The highest BCUT2D eigenvalue weighted by Crippen LogP contribution is 2.50. The molecular weight excluding hydrogens is 564 g/mol. The number of carbonyl (C=O) groups is 2. The first kappa shape index (κ1) is 27.5. The molecule has 220 valence electrons. The molecule has 9 nitrogen and oxygen atoms in total. The minimum atomic E-state index is -0.262. The van der Waals surface area contributed by atoms with E-state index in [9.17, 15) is 9.59 Å². The molecule has 3 aromatic carbocycles. The number of hydrogen-bond acceptors (Lipinski definition) is 7. The summed E-state index contributed by atoms with van der Waals surface area (Å²) >= 11 is 1.53. The maximum Gasteiger partial charge on any atom is 0.240 e. The number of benzene rings is 3. The largest absolute Gasteiger partial charge is 0.454 e. The second-order valence-electron chi connectivity index (χ2n) is 10.9. The predicted molar refractivity (Wildman–Crippen MR) is 165 cm³/mol. The molecule has 3 aliphatic rings. The molecule has 1 saturated heterocycles. The summed E-state index contributed by atoms with van der Waals surface area (Å²) in [5.41, 5.74) is 5.39. The molecule has 2 amide bonds. The van der Waals surface area contributed by atoms with Gasteiger partial charge in [0.15, 0.2) is 11.5 Å². The summed E-state index contributed by atoms with van der Waals surface area (Å²) < 4.78 is 18.8. The van der Waals surface area contributed by atoms with Gasteiger partial charge in [-0.2, -0.15) is 5.10 Å². The number of ether oxygens (including phenoxy) is 3. The van der Waals surface area contributed by atoms with E-state index in [1.165, 1.54) is 11.8 Å². The van der Waals surface area contributed by atoms with E-state index in [0.717, 1.165) is 46.5 Å². The van der Waals surface area contributed by atoms with E-state index in [2.05, 4.69) is 5.32 Å². The van der Waals surface area contributed by atoms with Crippen molar-refractivity contribution in [2.24, 2.45) is 0 Å². The van der Waals surface area contributed by atoms with Crippen LogP contribution in [0.25, 0.3) is 16.9 Å². The monoisotopic (exact) mass is 596 g/mol. The zero-order valence-electron chi connectivity index (χ0n) is 23.8. The number of thioether (sulfide) groups is 1. The van der Waals surface area contributed by atoms with Gasteiger partial charge in [-0.05, 0) is 55.2 Å². The Morgan fingerprint density at radius 1 is 1.05 bits per heavy atom. The molecule has 4 aromatic rings. The molecule has 0 bridgehead atoms. The fraction of sp³-hybridized carbons (Fsp3) is 0.303. The second kappa shape index (κ2) is 11.8. The molecule has 0 spiro atoms. The van der Waals surface area contributed by atoms with Crippen molar-refractivity contribution in [3.8, 4) is 28.4 Å². The van der Waals surface area contributed by atoms with Crippen molar-refractivity contribution in [1.29, 1.82) is 0 Å². The van der Waals surface area contributed by atoms with Crippen LogP contribution in [0.4, 0.5) is 5.82 Å². The summed E-state index contributed by atoms with van der Waals surface area (Å²) in [5, 5.41) is 7.90. The standard InChI is InChI=1S/C33H32N4O5S/c1-21-7-5-10-24(15-21)37-33-30(31(35-37)22-8-3-2-4-9-22)32(23-12-13-26-27(16-23)42-20-41-26)43-19-29(39)36(33)18-28(38)34-17-25-11-6-14-40-25/h2-5,7-10,12-13,15-16,25,32H,6,11,14,17-20H2,1H3,(H,34,38)/t25-,32+/m0/s1. The van der Waals surface area contributed by atoms with Crippen LogP contribution < -0.4 is 19.7 Å². The fourth-order valence-electron chi connectivity index (χ4n) is 5.84. The van der Waals surface area contributed by atoms with Crippen molar-refractivity contribution in [2.75, 3.05) is 37.1 Å². The third kappa shape index (κ3) is 5.48. The summed E-state index contributed by atoms with van der Waals surface area (Å²) in [5.74, 6) is 1.76. The molecule has 0 unspecified atom stereocenters. The van der Waals surface area contributed by atoms with Gasteiger partial charge in [-0.25, -0.2) is 4.68 Å². The highest BCUT2D eigenvalue weighted by Gasteiger charge is 2.38. The van der Waals surface area contributed by atoms with Gasteiger partial charge in [-0.15, -0.1) is 11.8 Å². The van der Waals surface area contributed by atoms with Crippen LogP contribution in [0.5, 0.6) is 11.5 Å². The second-order valence-corrected chi connectivity index (χ2v) is 12.0. The number of carbonyl (C=O) groups excluding carboxylic acids is 2. The lowest BCUT2D eigenvalue weighted by Crippen LogP contribution is -2.44. The zero-order chi connectivity index (χ0) is 29.3. The molecule has 1 N–H and O–H groups in total. The van der Waals surface area contributed by atoms with Gasteiger partial charge < -0.3 is 19.5 Å². The van der Waals surface area contributed by atoms with Gasteiger partial charge in [0.2, 0.25) is 18.6 Å². The Morgan fingerprint density at radius 2 is 1.91 bits per heavy atom. The van der Waals surface area contributed by atoms with E-state index < -0.39 is 0 Å². The molecule has 1 fully saturated rings. The molecule has 0 saturated carbocycles. The third-order valence-electron chi connectivity index (χ3n) is 7.93. The minimum Gasteiger partial charge on any atom is -0.454 e. The van der Waals surface area contributed by atoms with Crippen molar-refractivity contribution in [2.45, 2.75) is 31.1 Å². The number of anilines is 1. The van der Waals surface area contributed by atoms with E-state index in [4.69, 9.17) is 19.3 Å². The number of hydrogen-bond donors (Lipinski definition) is 1. The van der Waals surface area contributed by atoms with Crippen molar-refractivity contribution in [3.05, 3.63) is 89.5 Å². The van der Waals surface area contributed by atoms with E-state index >= 15 is 0 Å². The van der Waals surface area contributed by atoms with Gasteiger partial charge in [-0.3, -0.25) is 14.5 Å². The summed E-state index contributed by atoms with van der Waals surface area (Å²) in [7, 11) is 0. The normalized spacial score (nSPS) is 19.3. The number of rotatable bonds is 7. The molecular formula is C33H32N4O5S. The highest BCUT2D eigenvalue weighted by atomic mass is 32.2. The lowest BCUT2D eigenvalue weighted by Gasteiger charge is -2.23. The van der Waals surface area contributed by atoms with Crippen LogP contribution in [0.1, 0.15) is 34.8 Å². The first-order valence-electron chi connectivity index (χ1n) is 14.5. The van der Waals surface area contributed by atoms with Crippen LogP contribution in [-0.4, -0.2) is 59.9 Å². The number of nitrogens with zero attached hydrogens (tertiary/aromatic N) is 3. The van der Waals surface area contributed by atoms with Crippen molar-refractivity contribution < 1.29 is 23.8 Å². The van der Waals surface area contributed by atoms with Crippen molar-refractivity contribution in [1.82, 2.24) is 15.1 Å². The Hall–Kier alpha value is -4.28. The topological polar surface area (TPSA) is 94.9 Å². The SMILES string of the molecule is Cc1cccc(-n2nc(-c3ccccc3)c3c2N(CC(=O)NC[C@@H]2CCCO2)C(=O)CS[C@@H]3c2ccc3c(c2)OCO3)c1. The fourth-order valence-corrected chi connectivity index (χ4v) is 7.03. The van der Waals surface area contributed by atoms with Gasteiger partial charge in [0.05, 0.1) is 28.5 Å². The number of amides is 2. The van der Waals surface area contributed by atoms with Crippen molar-refractivity contribution in [3.63, 3.8) is 0 Å². The molecule has 3 aliphatic heterocycles. The average molecular weight is 597 g/mol. The Bertz CT molecular complexity index is 1670. The van der Waals surface area contributed by atoms with Crippen LogP contribution in [0.3, 0.4) is 0 Å². The maximum absolute atomic E-state index is 13.9. The summed E-state index contributed by atoms with van der Waals surface area (Å²) in [4.78, 5) is 28.9. The van der Waals surface area contributed by atoms with E-state index in [-0.39, 0.29) is 42.3 Å². The molecule has 43 heavy (non-hydrogen) atoms. The predicted octanol–water partition coefficient (Wildman–Crippen LogP) is 5.04. The summed E-state index contributed by atoms with van der Waals surface area (Å²) in [6, 6.07) is 23.9. The quantitative estimate of drug-likeness (QED) is 0.319. The van der Waals surface area contributed by atoms with Crippen LogP contribution >= 0.6 is 11.8 Å². The van der Waals surface area contributed by atoms with E-state index in [1.54, 1.807) is 4.90 Å². The average Bonchev–Trinajstić information content (AvgIpc) is 3.78. The third-order valence-corrected chi connectivity index (χ3v) is 9.19. The van der Waals surface area contributed by atoms with E-state index in [1.807, 2.05) is 84.4 Å². The number of aromatic nitrogens is 2. The van der Waals surface area contributed by atoms with Crippen LogP contribution in [0, 0.1) is 6.92 Å². The highest BCUT2D eigenvalue weighted by molar-refractivity contribution is 8.00. The maximum atomic E-state index is 13.9. The Kier molecular flexibility index (Phi) is 7.54. The molecule has 2 atom stereocenters. The molecule has 10 heteroatoms. The van der Waals surface area contributed by atoms with Crippen LogP contribution in [0.15, 0.2) is 72.8 Å². The summed E-state index contributed by atoms with van der Waals surface area (Å²) in [6.07, 6.45) is 1.92. The van der Waals surface area contributed by atoms with Gasteiger partial charge in [0.25, 0.3) is 0 Å². The molecule has 4 heterocycles. The smallest absolute Gasteiger partial charge is 0.240 e. The molecule has 7 rings (SSSR count). The number of aryl methyl sites for hydroxylation is 1. The molecule has 1 aromatic heterocycles. The lowest BCUT2D eigenvalue weighted by atomic mass is 9.99. The number of nitrogens with one attached hydrogen (secondary N) is 1. The number of fused-ring (bicyclic) bond motifs is 2. The van der Waals surface area contributed by atoms with Crippen molar-refractivity contribution >= 4 is 29.4 Å². The first-order valence-corrected chi connectivity index (χ1v) is 15.6.